The highest BCUT2D eigenvalue weighted by Crippen LogP contribution is 2.19. The van der Waals surface area contributed by atoms with Crippen molar-refractivity contribution >= 4 is 11.6 Å². The number of amides is 1. The summed E-state index contributed by atoms with van der Waals surface area (Å²) in [5.41, 5.74) is 1.46. The van der Waals surface area contributed by atoms with Crippen LogP contribution in [0.15, 0.2) is 30.6 Å². The van der Waals surface area contributed by atoms with Crippen molar-refractivity contribution in [3.8, 4) is 5.69 Å². The molecule has 3 rings (SSSR count). The highest BCUT2D eigenvalue weighted by molar-refractivity contribution is 5.96. The van der Waals surface area contributed by atoms with Gasteiger partial charge in [0.25, 0.3) is 0 Å². The first-order chi connectivity index (χ1) is 10.3. The molecule has 0 saturated carbocycles. The summed E-state index contributed by atoms with van der Waals surface area (Å²) < 4.78 is 1.54. The number of anilines is 1. The van der Waals surface area contributed by atoms with Crippen molar-refractivity contribution in [1.82, 2.24) is 25.5 Å². The molecule has 2 N–H and O–H groups in total. The summed E-state index contributed by atoms with van der Waals surface area (Å²) in [4.78, 5) is 12.4. The lowest BCUT2D eigenvalue weighted by Crippen LogP contribution is -2.40. The van der Waals surface area contributed by atoms with Gasteiger partial charge in [-0.3, -0.25) is 4.79 Å². The Morgan fingerprint density at radius 1 is 1.29 bits per heavy atom. The van der Waals surface area contributed by atoms with Crippen molar-refractivity contribution in [3.05, 3.63) is 30.6 Å². The molecule has 0 bridgehead atoms. The van der Waals surface area contributed by atoms with Gasteiger partial charge in [-0.15, -0.1) is 5.10 Å². The van der Waals surface area contributed by atoms with Gasteiger partial charge in [0.2, 0.25) is 5.91 Å². The monoisotopic (exact) mass is 286 g/mol. The maximum atomic E-state index is 12.4. The van der Waals surface area contributed by atoms with Crippen LogP contribution >= 0.6 is 0 Å². The van der Waals surface area contributed by atoms with Gasteiger partial charge in [-0.2, -0.15) is 4.68 Å². The van der Waals surface area contributed by atoms with E-state index < -0.39 is 0 Å². The number of aromatic nitrogens is 4. The van der Waals surface area contributed by atoms with Crippen LogP contribution in [0.4, 0.5) is 5.69 Å². The van der Waals surface area contributed by atoms with E-state index in [2.05, 4.69) is 26.2 Å². The normalized spacial score (nSPS) is 19.0. The first kappa shape index (κ1) is 13.7. The lowest BCUT2D eigenvalue weighted by Gasteiger charge is -2.17. The average Bonchev–Trinajstić information content (AvgIpc) is 2.89. The Morgan fingerprint density at radius 3 is 3.05 bits per heavy atom. The summed E-state index contributed by atoms with van der Waals surface area (Å²) in [6.45, 7) is 0.896. The Kier molecular flexibility index (Phi) is 4.20. The van der Waals surface area contributed by atoms with Gasteiger partial charge < -0.3 is 10.6 Å². The summed E-state index contributed by atoms with van der Waals surface area (Å²) in [6.07, 6.45) is 5.77. The molecule has 1 unspecified atom stereocenters. The van der Waals surface area contributed by atoms with Gasteiger partial charge in [0.1, 0.15) is 6.33 Å². The minimum atomic E-state index is -0.130. The third-order valence-corrected chi connectivity index (χ3v) is 3.63. The zero-order valence-electron chi connectivity index (χ0n) is 11.7. The third kappa shape index (κ3) is 3.25. The van der Waals surface area contributed by atoms with Crippen molar-refractivity contribution in [2.45, 2.75) is 31.7 Å². The maximum Gasteiger partial charge on any atom is 0.241 e. The number of nitrogens with one attached hydrogen (secondary N) is 2. The Morgan fingerprint density at radius 2 is 2.19 bits per heavy atom. The zero-order valence-corrected chi connectivity index (χ0v) is 11.7. The molecule has 1 aliphatic heterocycles. The number of nitrogens with zero attached hydrogens (tertiary/aromatic N) is 4. The van der Waals surface area contributed by atoms with Gasteiger partial charge in [-0.05, 0) is 41.9 Å². The summed E-state index contributed by atoms with van der Waals surface area (Å²) >= 11 is 0. The topological polar surface area (TPSA) is 84.7 Å². The van der Waals surface area contributed by atoms with Crippen LogP contribution in [-0.2, 0) is 4.79 Å². The second-order valence-electron chi connectivity index (χ2n) is 5.12. The zero-order chi connectivity index (χ0) is 14.5. The molecule has 1 saturated heterocycles. The molecule has 1 atom stereocenters. The minimum absolute atomic E-state index is 0.00238. The van der Waals surface area contributed by atoms with E-state index in [-0.39, 0.29) is 11.9 Å². The molecule has 0 aliphatic carbocycles. The molecule has 0 radical (unpaired) electrons. The van der Waals surface area contributed by atoms with Gasteiger partial charge in [0, 0.05) is 0 Å². The van der Waals surface area contributed by atoms with Crippen LogP contribution in [0, 0.1) is 0 Å². The fourth-order valence-electron chi connectivity index (χ4n) is 2.52. The smallest absolute Gasteiger partial charge is 0.241 e. The predicted molar refractivity (Wildman–Crippen MR) is 78.0 cm³/mol. The van der Waals surface area contributed by atoms with E-state index in [1.807, 2.05) is 24.3 Å². The fourth-order valence-corrected chi connectivity index (χ4v) is 2.52. The number of para-hydroxylation sites is 2. The summed E-state index contributed by atoms with van der Waals surface area (Å²) in [7, 11) is 0. The van der Waals surface area contributed by atoms with E-state index in [0.717, 1.165) is 31.5 Å². The predicted octanol–water partition coefficient (Wildman–Crippen LogP) is 1.13. The van der Waals surface area contributed by atoms with Gasteiger partial charge in [-0.25, -0.2) is 0 Å². The first-order valence-corrected chi connectivity index (χ1v) is 7.21. The summed E-state index contributed by atoms with van der Waals surface area (Å²) in [5, 5.41) is 17.4. The van der Waals surface area contributed by atoms with Gasteiger partial charge >= 0.3 is 0 Å². The van der Waals surface area contributed by atoms with E-state index >= 15 is 0 Å². The Bertz CT molecular complexity index is 589. The standard InChI is InChI=1S/C14H18N6O/c21-14(12-7-2-1-5-9-15-12)17-11-6-3-4-8-13(11)20-10-16-18-19-20/h3-4,6,8,10,12,15H,1-2,5,7,9H2,(H,17,21). The van der Waals surface area contributed by atoms with Crippen LogP contribution in [0.2, 0.25) is 0 Å². The largest absolute Gasteiger partial charge is 0.323 e. The number of hydrogen-bond donors (Lipinski definition) is 2. The Balaban J connectivity index is 1.77. The number of rotatable bonds is 3. The number of carbonyl (C=O) groups excluding carboxylic acids is 1. The quantitative estimate of drug-likeness (QED) is 0.883. The molecule has 1 aromatic carbocycles. The summed E-state index contributed by atoms with van der Waals surface area (Å²) in [5.74, 6) is -0.00238. The second kappa shape index (κ2) is 6.45. The first-order valence-electron chi connectivity index (χ1n) is 7.21. The van der Waals surface area contributed by atoms with Gasteiger partial charge in [0.05, 0.1) is 17.4 Å². The molecule has 1 amide bonds. The highest BCUT2D eigenvalue weighted by atomic mass is 16.2. The van der Waals surface area contributed by atoms with Crippen LogP contribution in [0.1, 0.15) is 25.7 Å². The lowest BCUT2D eigenvalue weighted by molar-refractivity contribution is -0.118. The van der Waals surface area contributed by atoms with Crippen LogP contribution in [0.3, 0.4) is 0 Å². The van der Waals surface area contributed by atoms with Crippen LogP contribution in [0.25, 0.3) is 5.69 Å². The Hall–Kier alpha value is -2.28. The molecule has 110 valence electrons. The number of benzene rings is 1. The molecular weight excluding hydrogens is 268 g/mol. The van der Waals surface area contributed by atoms with Gasteiger partial charge in [0.15, 0.2) is 0 Å². The number of carbonyl (C=O) groups is 1. The van der Waals surface area contributed by atoms with E-state index in [1.165, 1.54) is 17.4 Å². The average molecular weight is 286 g/mol. The van der Waals surface area contributed by atoms with Crippen molar-refractivity contribution in [1.29, 1.82) is 0 Å². The molecule has 21 heavy (non-hydrogen) atoms. The van der Waals surface area contributed by atoms with Crippen LogP contribution in [-0.4, -0.2) is 38.7 Å². The molecule has 7 nitrogen and oxygen atoms in total. The SMILES string of the molecule is O=C(Nc1ccccc1-n1cnnn1)C1CCCCCN1. The van der Waals surface area contributed by atoms with Gasteiger partial charge in [-0.1, -0.05) is 25.0 Å². The second-order valence-corrected chi connectivity index (χ2v) is 5.12. The maximum absolute atomic E-state index is 12.4. The van der Waals surface area contributed by atoms with Crippen molar-refractivity contribution in [2.75, 3.05) is 11.9 Å². The molecule has 2 aromatic rings. The molecule has 7 heteroatoms. The van der Waals surface area contributed by atoms with E-state index in [1.54, 1.807) is 0 Å². The highest BCUT2D eigenvalue weighted by Gasteiger charge is 2.20. The van der Waals surface area contributed by atoms with Crippen molar-refractivity contribution < 1.29 is 4.79 Å². The molecule has 2 heterocycles. The van der Waals surface area contributed by atoms with E-state index in [9.17, 15) is 4.79 Å². The third-order valence-electron chi connectivity index (χ3n) is 3.63. The van der Waals surface area contributed by atoms with E-state index in [0.29, 0.717) is 5.69 Å². The van der Waals surface area contributed by atoms with Crippen LogP contribution < -0.4 is 10.6 Å². The molecule has 1 aromatic heterocycles. The molecule has 0 spiro atoms. The molecular formula is C14H18N6O. The molecule has 1 fully saturated rings. The number of tetrazole rings is 1. The van der Waals surface area contributed by atoms with Crippen molar-refractivity contribution in [2.24, 2.45) is 0 Å². The fraction of sp³-hybridized carbons (Fsp3) is 0.429. The Labute approximate surface area is 122 Å². The number of hydrogen-bond acceptors (Lipinski definition) is 5. The van der Waals surface area contributed by atoms with E-state index in [4.69, 9.17) is 0 Å². The minimum Gasteiger partial charge on any atom is -0.323 e. The molecule has 1 aliphatic rings. The summed E-state index contributed by atoms with van der Waals surface area (Å²) in [6, 6.07) is 7.35. The lowest BCUT2D eigenvalue weighted by atomic mass is 10.1. The van der Waals surface area contributed by atoms with Crippen LogP contribution in [0.5, 0.6) is 0 Å². The van der Waals surface area contributed by atoms with Crippen molar-refractivity contribution in [3.63, 3.8) is 0 Å².